The number of guanidine groups is 1. The molecule has 0 aromatic carbocycles. The third-order valence-corrected chi connectivity index (χ3v) is 5.65. The number of carboxylic acid groups (broad SMARTS) is 8. The van der Waals surface area contributed by atoms with Crippen molar-refractivity contribution in [1.82, 2.24) is 0 Å². The Labute approximate surface area is 329 Å². The van der Waals surface area contributed by atoms with E-state index < -0.39 is 102 Å². The molecule has 0 fully saturated rings. The zero-order valence-electron chi connectivity index (χ0n) is 30.4. The quantitative estimate of drug-likeness (QED) is 0.0221. The van der Waals surface area contributed by atoms with E-state index in [0.29, 0.717) is 19.4 Å². The lowest BCUT2D eigenvalue weighted by atomic mass is 10.2. The minimum absolute atomic E-state index is 0.0129. The van der Waals surface area contributed by atoms with E-state index in [2.05, 4.69) is 23.4 Å². The fraction of sp³-hybridized carbons (Fsp3) is 0.593. The molecular weight excluding hydrogens is 798 g/mol. The SMILES string of the molecule is NC(=O)CC[C@H](N)C(=O)O.NC(=O)C[C@H](N)C(=O)O.NC(N)=NCCC[C@H](N)C(=O)O.N[C@@H](CC(=O)O)C(=O)O.N[C@@H](CCC(=O)O)C(=O)O.N[C@@H](CS)C(=O)O. The van der Waals surface area contributed by atoms with Crippen molar-refractivity contribution in [1.29, 1.82) is 0 Å². The van der Waals surface area contributed by atoms with Crippen LogP contribution in [-0.4, -0.2) is 155 Å². The number of amides is 2. The van der Waals surface area contributed by atoms with Crippen LogP contribution in [0.2, 0.25) is 0 Å². The van der Waals surface area contributed by atoms with E-state index >= 15 is 0 Å². The van der Waals surface area contributed by atoms with Crippen molar-refractivity contribution < 1.29 is 88.8 Å². The van der Waals surface area contributed by atoms with Gasteiger partial charge in [0.1, 0.15) is 36.3 Å². The molecule has 0 saturated carbocycles. The second-order valence-corrected chi connectivity index (χ2v) is 10.9. The number of carboxylic acids is 8. The number of thiol groups is 1. The molecule has 0 spiro atoms. The van der Waals surface area contributed by atoms with Gasteiger partial charge in [0.15, 0.2) is 5.96 Å². The van der Waals surface area contributed by atoms with Crippen molar-refractivity contribution in [3.63, 3.8) is 0 Å². The van der Waals surface area contributed by atoms with Gasteiger partial charge in [-0.25, -0.2) is 0 Å². The number of rotatable bonds is 21. The summed E-state index contributed by atoms with van der Waals surface area (Å²) < 4.78 is 0. The number of aliphatic imine (C=N–C) groups is 1. The Morgan fingerprint density at radius 3 is 0.982 bits per heavy atom. The second kappa shape index (κ2) is 38.4. The number of aliphatic carboxylic acids is 8. The van der Waals surface area contributed by atoms with Crippen LogP contribution in [0.3, 0.4) is 0 Å². The smallest absolute Gasteiger partial charge is 0.321 e. The number of hydrogen-bond donors (Lipinski definition) is 19. The Morgan fingerprint density at radius 1 is 0.439 bits per heavy atom. The van der Waals surface area contributed by atoms with Crippen molar-refractivity contribution in [2.45, 2.75) is 87.6 Å². The summed E-state index contributed by atoms with van der Waals surface area (Å²) in [7, 11) is 0. The lowest BCUT2D eigenvalue weighted by Crippen LogP contribution is -2.34. The maximum atomic E-state index is 10.2. The van der Waals surface area contributed by atoms with Gasteiger partial charge in [0.05, 0.1) is 12.8 Å². The molecule has 57 heavy (non-hydrogen) atoms. The van der Waals surface area contributed by atoms with Gasteiger partial charge in [-0.3, -0.25) is 52.9 Å². The van der Waals surface area contributed by atoms with Gasteiger partial charge in [0.25, 0.3) is 0 Å². The lowest BCUT2D eigenvalue weighted by molar-refractivity contribution is -0.144. The maximum absolute atomic E-state index is 10.2. The zero-order valence-corrected chi connectivity index (χ0v) is 31.3. The van der Waals surface area contributed by atoms with Crippen LogP contribution in [0.15, 0.2) is 4.99 Å². The Kier molecular flexibility index (Phi) is 42.4. The standard InChI is InChI=1S/C6H14N4O2.C5H10N2O3.C5H9NO4.C4H8N2O3.C4H7NO4.C3H7NO2S/c7-4(5(11)12)2-1-3-10-6(8)9;2*6-3(5(9)10)1-2-4(7)8;2*5-2(4(8)9)1-3(6)7;4-2(1-7)3(5)6/h4H,1-3,7H2,(H,11,12)(H4,8,9,10);3H,1-2,6H2,(H2,7,8)(H,9,10);3H,1-2,6H2,(H,7,8)(H,9,10);2H,1,5H2,(H2,6,7)(H,8,9);2H,1,5H2,(H,6,7)(H,8,9);2,7H,1,4H2,(H,5,6)/t4-;2*3-;3*2-/m000000/s1. The van der Waals surface area contributed by atoms with Crippen LogP contribution in [-0.2, 0) is 47.9 Å². The molecule has 0 aliphatic heterocycles. The predicted octanol–water partition coefficient (Wildman–Crippen LogP) is -7.15. The van der Waals surface area contributed by atoms with Crippen LogP contribution in [0.1, 0.15) is 51.4 Å². The number of carbonyl (C=O) groups is 10. The molecule has 29 nitrogen and oxygen atoms in total. The van der Waals surface area contributed by atoms with Crippen molar-refractivity contribution in [3.05, 3.63) is 0 Å². The molecule has 0 aliphatic carbocycles. The summed E-state index contributed by atoms with van der Waals surface area (Å²) in [5.74, 6) is -10.1. The molecule has 332 valence electrons. The maximum Gasteiger partial charge on any atom is 0.321 e. The molecule has 0 saturated heterocycles. The predicted molar refractivity (Wildman–Crippen MR) is 199 cm³/mol. The topological polar surface area (TPSA) is 605 Å². The van der Waals surface area contributed by atoms with Crippen LogP contribution >= 0.6 is 12.6 Å². The van der Waals surface area contributed by atoms with Crippen molar-refractivity contribution in [2.24, 2.45) is 62.3 Å². The summed E-state index contributed by atoms with van der Waals surface area (Å²) in [5.41, 5.74) is 49.5. The Hall–Kier alpha value is -5.92. The fourth-order valence-corrected chi connectivity index (χ4v) is 2.28. The first kappa shape index (κ1) is 63.0. The largest absolute Gasteiger partial charge is 0.481 e. The summed E-state index contributed by atoms with van der Waals surface area (Å²) in [6.45, 7) is 0.420. The highest BCUT2D eigenvalue weighted by molar-refractivity contribution is 7.80. The third kappa shape index (κ3) is 57.0. The molecule has 0 unspecified atom stereocenters. The molecule has 0 aromatic heterocycles. The highest BCUT2D eigenvalue weighted by Crippen LogP contribution is 1.95. The Morgan fingerprint density at radius 2 is 0.772 bits per heavy atom. The molecular formula is C27H55N11O18S. The van der Waals surface area contributed by atoms with Crippen molar-refractivity contribution in [3.8, 4) is 0 Å². The fourth-order valence-electron chi connectivity index (χ4n) is 2.12. The Bertz CT molecular complexity index is 1240. The number of nitrogens with zero attached hydrogens (tertiary/aromatic N) is 1. The zero-order chi connectivity index (χ0) is 46.6. The highest BCUT2D eigenvalue weighted by Gasteiger charge is 2.15. The van der Waals surface area contributed by atoms with E-state index in [-0.39, 0.29) is 43.8 Å². The molecule has 0 heterocycles. The van der Waals surface area contributed by atoms with Gasteiger partial charge in [-0.15, -0.1) is 0 Å². The number of carbonyl (C=O) groups excluding carboxylic acids is 2. The normalized spacial score (nSPS) is 12.5. The minimum Gasteiger partial charge on any atom is -0.481 e. The van der Waals surface area contributed by atoms with E-state index in [4.69, 9.17) is 92.5 Å². The van der Waals surface area contributed by atoms with Crippen LogP contribution in [0.5, 0.6) is 0 Å². The molecule has 30 heteroatoms. The summed E-state index contributed by atoms with van der Waals surface area (Å²) in [6.07, 6.45) is 0.0123. The summed E-state index contributed by atoms with van der Waals surface area (Å²) in [5, 5.41) is 65.0. The van der Waals surface area contributed by atoms with Gasteiger partial charge < -0.3 is 98.2 Å². The second-order valence-electron chi connectivity index (χ2n) is 10.5. The first-order valence-electron chi connectivity index (χ1n) is 15.4. The monoisotopic (exact) mass is 853 g/mol. The number of hydrogen-bond acceptors (Lipinski definition) is 18. The van der Waals surface area contributed by atoms with Crippen LogP contribution < -0.4 is 57.3 Å². The van der Waals surface area contributed by atoms with Crippen LogP contribution in [0, 0.1) is 0 Å². The van der Waals surface area contributed by atoms with Crippen LogP contribution in [0.25, 0.3) is 0 Å². The number of nitrogens with two attached hydrogens (primary N) is 10. The third-order valence-electron chi connectivity index (χ3n) is 5.25. The molecule has 0 radical (unpaired) electrons. The minimum atomic E-state index is -1.29. The summed E-state index contributed by atoms with van der Waals surface area (Å²) in [6, 6.07) is -6.13. The van der Waals surface area contributed by atoms with E-state index in [1.807, 2.05) is 0 Å². The first-order valence-corrected chi connectivity index (χ1v) is 16.1. The molecule has 6 atom stereocenters. The average molecular weight is 854 g/mol. The van der Waals surface area contributed by atoms with E-state index in [9.17, 15) is 47.9 Å². The number of primary amides is 2. The average Bonchev–Trinajstić information content (AvgIpc) is 3.07. The molecule has 2 amide bonds. The van der Waals surface area contributed by atoms with E-state index in [1.165, 1.54) is 0 Å². The van der Waals surface area contributed by atoms with E-state index in [1.54, 1.807) is 0 Å². The first-order chi connectivity index (χ1) is 25.9. The van der Waals surface area contributed by atoms with E-state index in [0.717, 1.165) is 0 Å². The van der Waals surface area contributed by atoms with Crippen molar-refractivity contribution in [2.75, 3.05) is 12.3 Å². The molecule has 28 N–H and O–H groups in total. The summed E-state index contributed by atoms with van der Waals surface area (Å²) >= 11 is 3.65. The van der Waals surface area contributed by atoms with Crippen LogP contribution in [0.4, 0.5) is 0 Å². The molecule has 0 aromatic rings. The van der Waals surface area contributed by atoms with Gasteiger partial charge in [0, 0.05) is 25.1 Å². The molecule has 0 rings (SSSR count). The van der Waals surface area contributed by atoms with Gasteiger partial charge in [-0.1, -0.05) is 0 Å². The lowest BCUT2D eigenvalue weighted by Gasteiger charge is -2.03. The van der Waals surface area contributed by atoms with Gasteiger partial charge in [0.2, 0.25) is 11.8 Å². The van der Waals surface area contributed by atoms with Crippen molar-refractivity contribution >= 4 is 78.2 Å². The highest BCUT2D eigenvalue weighted by atomic mass is 32.1. The summed E-state index contributed by atoms with van der Waals surface area (Å²) in [4.78, 5) is 103. The van der Waals surface area contributed by atoms with Gasteiger partial charge in [-0.05, 0) is 25.7 Å². The Balaban J connectivity index is -0.000000138. The van der Waals surface area contributed by atoms with Gasteiger partial charge in [-0.2, -0.15) is 12.6 Å². The molecule has 0 bridgehead atoms. The van der Waals surface area contributed by atoms with Gasteiger partial charge >= 0.3 is 47.8 Å². The molecule has 0 aliphatic rings.